The molecule has 3 amide bonds. The van der Waals surface area contributed by atoms with Gasteiger partial charge in [-0.1, -0.05) is 66.7 Å². The summed E-state index contributed by atoms with van der Waals surface area (Å²) in [5.41, 5.74) is 3.34. The summed E-state index contributed by atoms with van der Waals surface area (Å²) in [6.45, 7) is 0.437. The fraction of sp³-hybridized carbons (Fsp3) is 0.265. The van der Waals surface area contributed by atoms with Crippen LogP contribution in [-0.2, 0) is 29.6 Å². The molecule has 3 atom stereocenters. The van der Waals surface area contributed by atoms with Gasteiger partial charge >= 0.3 is 0 Å². The lowest BCUT2D eigenvalue weighted by atomic mass is 10.0. The minimum absolute atomic E-state index is 0.0435. The van der Waals surface area contributed by atoms with Crippen molar-refractivity contribution in [1.82, 2.24) is 19.7 Å². The van der Waals surface area contributed by atoms with E-state index >= 15 is 0 Å². The summed E-state index contributed by atoms with van der Waals surface area (Å²) in [6.07, 6.45) is 1.33. The van der Waals surface area contributed by atoms with Gasteiger partial charge in [0.15, 0.2) is 0 Å². The van der Waals surface area contributed by atoms with Crippen LogP contribution < -0.4 is 5.32 Å². The molecule has 3 heterocycles. The molecule has 1 aliphatic rings. The second kappa shape index (κ2) is 12.0. The number of hydrogen-bond acceptors (Lipinski definition) is 5. The number of benzene rings is 3. The van der Waals surface area contributed by atoms with E-state index in [1.54, 1.807) is 29.5 Å². The number of nitrogens with zero attached hydrogens (tertiary/aromatic N) is 3. The highest BCUT2D eigenvalue weighted by molar-refractivity contribution is 7.17. The number of aryl methyl sites for hydroxylation is 1. The maximum absolute atomic E-state index is 13.9. The van der Waals surface area contributed by atoms with E-state index in [9.17, 15) is 19.5 Å². The number of likely N-dealkylation sites (tertiary alicyclic amines) is 1. The largest absolute Gasteiger partial charge is 0.391 e. The number of aliphatic hydroxyl groups is 1. The maximum atomic E-state index is 13.9. The molecule has 1 saturated heterocycles. The van der Waals surface area contributed by atoms with Gasteiger partial charge < -0.3 is 24.8 Å². The molecular formula is C34H34N4O4S. The van der Waals surface area contributed by atoms with Crippen molar-refractivity contribution in [2.75, 3.05) is 13.6 Å². The van der Waals surface area contributed by atoms with Crippen LogP contribution in [0.2, 0.25) is 0 Å². The number of aliphatic hydroxyl groups excluding tert-OH is 1. The second-order valence-electron chi connectivity index (χ2n) is 11.2. The molecule has 2 aromatic heterocycles. The van der Waals surface area contributed by atoms with E-state index in [1.807, 2.05) is 95.9 Å². The van der Waals surface area contributed by atoms with Crippen LogP contribution in [0.3, 0.4) is 0 Å². The monoisotopic (exact) mass is 594 g/mol. The number of thiophene rings is 1. The minimum atomic E-state index is -0.907. The Morgan fingerprint density at radius 2 is 1.70 bits per heavy atom. The van der Waals surface area contributed by atoms with E-state index < -0.39 is 24.1 Å². The highest BCUT2D eigenvalue weighted by Gasteiger charge is 2.41. The summed E-state index contributed by atoms with van der Waals surface area (Å²) in [4.78, 5) is 44.7. The molecular weight excluding hydrogens is 560 g/mol. The molecule has 0 bridgehead atoms. The van der Waals surface area contributed by atoms with E-state index in [1.165, 1.54) is 4.90 Å². The lowest BCUT2D eigenvalue weighted by molar-refractivity contribution is -0.136. The van der Waals surface area contributed by atoms with Crippen LogP contribution >= 0.6 is 11.3 Å². The molecule has 9 heteroatoms. The van der Waals surface area contributed by atoms with Gasteiger partial charge in [0.1, 0.15) is 12.1 Å². The number of nitrogens with one attached hydrogen (secondary N) is 1. The average molecular weight is 595 g/mol. The first kappa shape index (κ1) is 28.6. The van der Waals surface area contributed by atoms with E-state index in [0.717, 1.165) is 32.1 Å². The first-order valence-electron chi connectivity index (χ1n) is 14.4. The predicted octanol–water partition coefficient (Wildman–Crippen LogP) is 4.35. The molecule has 8 nitrogen and oxygen atoms in total. The molecule has 2 N–H and O–H groups in total. The first-order chi connectivity index (χ1) is 20.8. The number of likely N-dealkylation sites (N-methyl/N-ethyl adjacent to an activating group) is 1. The minimum Gasteiger partial charge on any atom is -0.391 e. The van der Waals surface area contributed by atoms with E-state index in [2.05, 4.69) is 5.32 Å². The third-order valence-electron chi connectivity index (χ3n) is 8.21. The van der Waals surface area contributed by atoms with Crippen molar-refractivity contribution >= 4 is 50.0 Å². The SMILES string of the molecule is CN(Cc1ccccc1)C(=O)[C@H](Cc1csc2ccccc12)NC(=O)[C@@H]1C[C@@H](O)CN1C(=O)c1cn(C)c2ccccc12. The fourth-order valence-electron chi connectivity index (χ4n) is 6.03. The van der Waals surface area contributed by atoms with Crippen LogP contribution in [-0.4, -0.2) is 69.0 Å². The van der Waals surface area contributed by atoms with Gasteiger partial charge in [-0.05, 0) is 34.0 Å². The number of aromatic nitrogens is 1. The average Bonchev–Trinajstić information content (AvgIpc) is 3.72. The van der Waals surface area contributed by atoms with Gasteiger partial charge in [0.25, 0.3) is 5.91 Å². The highest BCUT2D eigenvalue weighted by Crippen LogP contribution is 2.29. The van der Waals surface area contributed by atoms with Crippen LogP contribution in [0.4, 0.5) is 0 Å². The van der Waals surface area contributed by atoms with Crippen LogP contribution in [0.25, 0.3) is 21.0 Å². The Bertz CT molecular complexity index is 1800. The number of para-hydroxylation sites is 1. The van der Waals surface area contributed by atoms with Gasteiger partial charge in [-0.15, -0.1) is 11.3 Å². The zero-order chi connectivity index (χ0) is 30.1. The Hall–Kier alpha value is -4.47. The second-order valence-corrected chi connectivity index (χ2v) is 12.1. The third-order valence-corrected chi connectivity index (χ3v) is 9.22. The van der Waals surface area contributed by atoms with Gasteiger partial charge in [0.05, 0.1) is 11.7 Å². The molecule has 3 aromatic carbocycles. The van der Waals surface area contributed by atoms with Gasteiger partial charge in [-0.3, -0.25) is 14.4 Å². The van der Waals surface area contributed by atoms with Crippen molar-refractivity contribution in [3.63, 3.8) is 0 Å². The Balaban J connectivity index is 1.27. The normalized spacial score (nSPS) is 17.3. The molecule has 5 aromatic rings. The number of fused-ring (bicyclic) bond motifs is 2. The van der Waals surface area contributed by atoms with Crippen molar-refractivity contribution in [3.05, 3.63) is 107 Å². The van der Waals surface area contributed by atoms with Crippen molar-refractivity contribution in [2.24, 2.45) is 7.05 Å². The summed E-state index contributed by atoms with van der Waals surface area (Å²) in [7, 11) is 3.61. The third kappa shape index (κ3) is 5.78. The molecule has 1 fully saturated rings. The Kier molecular flexibility index (Phi) is 8.01. The van der Waals surface area contributed by atoms with Gasteiger partial charge in [-0.25, -0.2) is 0 Å². The molecule has 220 valence electrons. The smallest absolute Gasteiger partial charge is 0.256 e. The maximum Gasteiger partial charge on any atom is 0.256 e. The number of carbonyl (C=O) groups is 3. The molecule has 0 unspecified atom stereocenters. The Labute approximate surface area is 254 Å². The van der Waals surface area contributed by atoms with Gasteiger partial charge in [-0.2, -0.15) is 0 Å². The molecule has 6 rings (SSSR count). The van der Waals surface area contributed by atoms with Crippen LogP contribution in [0, 0.1) is 0 Å². The molecule has 43 heavy (non-hydrogen) atoms. The number of carbonyl (C=O) groups excluding carboxylic acids is 3. The topological polar surface area (TPSA) is 94.9 Å². The summed E-state index contributed by atoms with van der Waals surface area (Å²) in [5.74, 6) is -0.990. The van der Waals surface area contributed by atoms with Crippen molar-refractivity contribution < 1.29 is 19.5 Å². The zero-order valence-electron chi connectivity index (χ0n) is 24.1. The lowest BCUT2D eigenvalue weighted by Crippen LogP contribution is -2.54. The lowest BCUT2D eigenvalue weighted by Gasteiger charge is -2.28. The fourth-order valence-corrected chi connectivity index (χ4v) is 7.01. The zero-order valence-corrected chi connectivity index (χ0v) is 25.0. The molecule has 0 radical (unpaired) electrons. The van der Waals surface area contributed by atoms with Crippen molar-refractivity contribution in [3.8, 4) is 0 Å². The van der Waals surface area contributed by atoms with Crippen molar-refractivity contribution in [1.29, 1.82) is 0 Å². The van der Waals surface area contributed by atoms with Gasteiger partial charge in [0, 0.05) is 61.8 Å². The standard InChI is InChI=1S/C34H34N4O4S/c1-36-20-27(26-13-6-8-14-29(26)36)33(41)38-19-24(39)17-30(38)32(40)35-28(16-23-21-43-31-15-9-7-12-25(23)31)34(42)37(2)18-22-10-4-3-5-11-22/h3-15,20-21,24,28,30,39H,16-19H2,1-2H3,(H,35,40)/t24-,28+,30+/m1/s1. The van der Waals surface area contributed by atoms with Gasteiger partial charge in [0.2, 0.25) is 11.8 Å². The Morgan fingerprint density at radius 3 is 2.49 bits per heavy atom. The van der Waals surface area contributed by atoms with Crippen LogP contribution in [0.15, 0.2) is 90.4 Å². The van der Waals surface area contributed by atoms with E-state index in [4.69, 9.17) is 0 Å². The number of hydrogen-bond donors (Lipinski definition) is 2. The Morgan fingerprint density at radius 1 is 1.00 bits per heavy atom. The number of β-amino-alcohol motifs (C(OH)–C–C–N with tert-alkyl or cyclic N) is 1. The summed E-state index contributed by atoms with van der Waals surface area (Å²) in [5, 5.41) is 17.5. The molecule has 0 saturated carbocycles. The van der Waals surface area contributed by atoms with Crippen LogP contribution in [0.1, 0.15) is 27.9 Å². The predicted molar refractivity (Wildman–Crippen MR) is 169 cm³/mol. The number of rotatable bonds is 8. The summed E-state index contributed by atoms with van der Waals surface area (Å²) in [6, 6.07) is 23.5. The van der Waals surface area contributed by atoms with Crippen molar-refractivity contribution in [2.45, 2.75) is 37.6 Å². The van der Waals surface area contributed by atoms with E-state index in [-0.39, 0.29) is 24.8 Å². The molecule has 0 spiro atoms. The number of amides is 3. The molecule has 1 aliphatic heterocycles. The highest BCUT2D eigenvalue weighted by atomic mass is 32.1. The molecule has 0 aliphatic carbocycles. The van der Waals surface area contributed by atoms with Crippen LogP contribution in [0.5, 0.6) is 0 Å². The summed E-state index contributed by atoms with van der Waals surface area (Å²) >= 11 is 1.60. The quantitative estimate of drug-likeness (QED) is 0.279. The summed E-state index contributed by atoms with van der Waals surface area (Å²) < 4.78 is 2.99. The first-order valence-corrected chi connectivity index (χ1v) is 15.3. The van der Waals surface area contributed by atoms with E-state index in [0.29, 0.717) is 18.5 Å².